The zero-order valence-electron chi connectivity index (χ0n) is 18.4. The molecule has 0 bridgehead atoms. The molecule has 3 heterocycles. The monoisotopic (exact) mass is 466 g/mol. The summed E-state index contributed by atoms with van der Waals surface area (Å²) in [6.45, 7) is 3.99. The SMILES string of the molecule is COC(=O)CC(NC(=O)c1cc(-c2cccs2)nc2c1cnn2C(C)C)c1ccc(F)cc1. The molecule has 4 rings (SSSR count). The van der Waals surface area contributed by atoms with Crippen LogP contribution in [0.15, 0.2) is 54.0 Å². The highest BCUT2D eigenvalue weighted by Gasteiger charge is 2.23. The van der Waals surface area contributed by atoms with Gasteiger partial charge < -0.3 is 10.1 Å². The van der Waals surface area contributed by atoms with Crippen LogP contribution in [-0.4, -0.2) is 33.8 Å². The van der Waals surface area contributed by atoms with E-state index in [0.29, 0.717) is 27.9 Å². The van der Waals surface area contributed by atoms with Crippen LogP contribution < -0.4 is 5.32 Å². The number of fused-ring (bicyclic) bond motifs is 1. The number of pyridine rings is 1. The molecular formula is C24H23FN4O3S. The molecule has 0 aliphatic rings. The molecule has 1 amide bonds. The number of rotatable bonds is 7. The van der Waals surface area contributed by atoms with Crippen molar-refractivity contribution in [2.24, 2.45) is 0 Å². The third-order valence-corrected chi connectivity index (χ3v) is 6.14. The Bertz CT molecular complexity index is 1280. The van der Waals surface area contributed by atoms with Gasteiger partial charge in [-0.3, -0.25) is 9.59 Å². The molecule has 0 saturated heterocycles. The van der Waals surface area contributed by atoms with Crippen molar-refractivity contribution in [3.8, 4) is 10.6 Å². The highest BCUT2D eigenvalue weighted by Crippen LogP contribution is 2.29. The van der Waals surface area contributed by atoms with Gasteiger partial charge in [-0.2, -0.15) is 5.10 Å². The highest BCUT2D eigenvalue weighted by molar-refractivity contribution is 7.13. The molecule has 0 fully saturated rings. The number of aromatic nitrogens is 3. The molecule has 0 aliphatic heterocycles. The summed E-state index contributed by atoms with van der Waals surface area (Å²) in [7, 11) is 1.28. The van der Waals surface area contributed by atoms with Gasteiger partial charge in [0.1, 0.15) is 5.82 Å². The van der Waals surface area contributed by atoms with Crippen molar-refractivity contribution in [1.82, 2.24) is 20.1 Å². The van der Waals surface area contributed by atoms with Crippen molar-refractivity contribution in [3.05, 3.63) is 71.0 Å². The number of amides is 1. The Labute approximate surface area is 194 Å². The first-order valence-corrected chi connectivity index (χ1v) is 11.3. The summed E-state index contributed by atoms with van der Waals surface area (Å²) in [5.74, 6) is -1.28. The summed E-state index contributed by atoms with van der Waals surface area (Å²) in [5, 5.41) is 9.90. The molecule has 3 aromatic heterocycles. The summed E-state index contributed by atoms with van der Waals surface area (Å²) in [6, 6.07) is 10.6. The number of carbonyl (C=O) groups excluding carboxylic acids is 2. The number of hydrogen-bond donors (Lipinski definition) is 1. The van der Waals surface area contributed by atoms with E-state index in [2.05, 4.69) is 10.4 Å². The summed E-state index contributed by atoms with van der Waals surface area (Å²) < 4.78 is 20.0. The Balaban J connectivity index is 1.76. The average Bonchev–Trinajstić information content (AvgIpc) is 3.48. The lowest BCUT2D eigenvalue weighted by Gasteiger charge is -2.19. The lowest BCUT2D eigenvalue weighted by Crippen LogP contribution is -2.30. The molecule has 1 N–H and O–H groups in total. The first-order valence-electron chi connectivity index (χ1n) is 10.4. The Morgan fingerprint density at radius 1 is 1.21 bits per heavy atom. The van der Waals surface area contributed by atoms with Crippen LogP contribution in [0.2, 0.25) is 0 Å². The van der Waals surface area contributed by atoms with Crippen LogP contribution in [0.25, 0.3) is 21.6 Å². The molecule has 9 heteroatoms. The van der Waals surface area contributed by atoms with E-state index in [0.717, 1.165) is 4.88 Å². The fourth-order valence-electron chi connectivity index (χ4n) is 3.57. The molecule has 1 unspecified atom stereocenters. The van der Waals surface area contributed by atoms with Gasteiger partial charge in [0.05, 0.1) is 47.3 Å². The van der Waals surface area contributed by atoms with Crippen LogP contribution in [0.1, 0.15) is 48.3 Å². The maximum atomic E-state index is 13.5. The van der Waals surface area contributed by atoms with Gasteiger partial charge in [-0.15, -0.1) is 11.3 Å². The van der Waals surface area contributed by atoms with Crippen LogP contribution in [-0.2, 0) is 9.53 Å². The molecule has 0 spiro atoms. The molecule has 33 heavy (non-hydrogen) atoms. The summed E-state index contributed by atoms with van der Waals surface area (Å²) in [5.41, 5.74) is 2.26. The van der Waals surface area contributed by atoms with E-state index in [-0.39, 0.29) is 18.4 Å². The molecule has 1 aromatic carbocycles. The number of hydrogen-bond acceptors (Lipinski definition) is 6. The minimum atomic E-state index is -0.695. The standard InChI is InChI=1S/C24H23FN4O3S/c1-14(2)29-23-18(13-26-29)17(11-20(27-23)21-5-4-10-33-21)24(31)28-19(12-22(30)32-3)15-6-8-16(25)9-7-15/h4-11,13-14,19H,12H2,1-3H3,(H,28,31). The van der Waals surface area contributed by atoms with E-state index in [1.807, 2.05) is 31.4 Å². The molecule has 7 nitrogen and oxygen atoms in total. The molecule has 0 radical (unpaired) electrons. The smallest absolute Gasteiger partial charge is 0.307 e. The second-order valence-electron chi connectivity index (χ2n) is 7.81. The van der Waals surface area contributed by atoms with Crippen molar-refractivity contribution >= 4 is 34.2 Å². The molecular weight excluding hydrogens is 443 g/mol. The normalized spacial score (nSPS) is 12.2. The number of nitrogens with zero attached hydrogens (tertiary/aromatic N) is 3. The van der Waals surface area contributed by atoms with E-state index in [4.69, 9.17) is 9.72 Å². The van der Waals surface area contributed by atoms with Crippen LogP contribution in [0.5, 0.6) is 0 Å². The molecule has 1 atom stereocenters. The van der Waals surface area contributed by atoms with E-state index >= 15 is 0 Å². The van der Waals surface area contributed by atoms with Crippen molar-refractivity contribution in [2.75, 3.05) is 7.11 Å². The largest absolute Gasteiger partial charge is 0.469 e. The number of halogens is 1. The molecule has 4 aromatic rings. The molecule has 0 saturated carbocycles. The Hall–Kier alpha value is -3.59. The summed E-state index contributed by atoms with van der Waals surface area (Å²) >= 11 is 1.52. The van der Waals surface area contributed by atoms with E-state index in [9.17, 15) is 14.0 Å². The fraction of sp³-hybridized carbons (Fsp3) is 0.250. The Kier molecular flexibility index (Phi) is 6.50. The Morgan fingerprint density at radius 3 is 2.61 bits per heavy atom. The van der Waals surface area contributed by atoms with Gasteiger partial charge in [-0.05, 0) is 49.1 Å². The quantitative estimate of drug-likeness (QED) is 0.391. The van der Waals surface area contributed by atoms with Crippen LogP contribution in [0.4, 0.5) is 4.39 Å². The fourth-order valence-corrected chi connectivity index (χ4v) is 4.25. The van der Waals surface area contributed by atoms with Gasteiger partial charge >= 0.3 is 5.97 Å². The third kappa shape index (κ3) is 4.78. The van der Waals surface area contributed by atoms with E-state index in [1.54, 1.807) is 29.1 Å². The highest BCUT2D eigenvalue weighted by atomic mass is 32.1. The molecule has 170 valence electrons. The lowest BCUT2D eigenvalue weighted by atomic mass is 10.0. The van der Waals surface area contributed by atoms with Crippen LogP contribution in [0, 0.1) is 5.82 Å². The van der Waals surface area contributed by atoms with Crippen LogP contribution >= 0.6 is 11.3 Å². The maximum Gasteiger partial charge on any atom is 0.307 e. The third-order valence-electron chi connectivity index (χ3n) is 5.25. The van der Waals surface area contributed by atoms with E-state index < -0.39 is 17.8 Å². The number of thiophene rings is 1. The molecule has 0 aliphatic carbocycles. The minimum Gasteiger partial charge on any atom is -0.469 e. The van der Waals surface area contributed by atoms with Crippen molar-refractivity contribution in [2.45, 2.75) is 32.4 Å². The van der Waals surface area contributed by atoms with Gasteiger partial charge in [0.2, 0.25) is 0 Å². The summed E-state index contributed by atoms with van der Waals surface area (Å²) in [6.07, 6.45) is 1.54. The van der Waals surface area contributed by atoms with Gasteiger partial charge in [0.25, 0.3) is 5.91 Å². The number of methoxy groups -OCH3 is 1. The second-order valence-corrected chi connectivity index (χ2v) is 8.76. The number of esters is 1. The van der Waals surface area contributed by atoms with Gasteiger partial charge in [0.15, 0.2) is 5.65 Å². The number of ether oxygens (including phenoxy) is 1. The second kappa shape index (κ2) is 9.50. The topological polar surface area (TPSA) is 86.1 Å². The van der Waals surface area contributed by atoms with Crippen LogP contribution in [0.3, 0.4) is 0 Å². The first-order chi connectivity index (χ1) is 15.9. The average molecular weight is 467 g/mol. The summed E-state index contributed by atoms with van der Waals surface area (Å²) in [4.78, 5) is 31.2. The lowest BCUT2D eigenvalue weighted by molar-refractivity contribution is -0.141. The number of carbonyl (C=O) groups is 2. The predicted octanol–water partition coefficient (Wildman–Crippen LogP) is 4.91. The zero-order valence-corrected chi connectivity index (χ0v) is 19.2. The van der Waals surface area contributed by atoms with Gasteiger partial charge in [-0.25, -0.2) is 14.1 Å². The number of nitrogens with one attached hydrogen (secondary N) is 1. The van der Waals surface area contributed by atoms with Crippen molar-refractivity contribution < 1.29 is 18.7 Å². The van der Waals surface area contributed by atoms with Gasteiger partial charge in [-0.1, -0.05) is 18.2 Å². The zero-order chi connectivity index (χ0) is 23.5. The van der Waals surface area contributed by atoms with Crippen molar-refractivity contribution in [3.63, 3.8) is 0 Å². The van der Waals surface area contributed by atoms with E-state index in [1.165, 1.54) is 30.6 Å². The number of benzene rings is 1. The Morgan fingerprint density at radius 2 is 1.97 bits per heavy atom. The van der Waals surface area contributed by atoms with Crippen molar-refractivity contribution in [1.29, 1.82) is 0 Å². The predicted molar refractivity (Wildman–Crippen MR) is 124 cm³/mol. The maximum absolute atomic E-state index is 13.5. The minimum absolute atomic E-state index is 0.0517. The first kappa shape index (κ1) is 22.6. The van der Waals surface area contributed by atoms with Gasteiger partial charge in [0, 0.05) is 6.04 Å².